The predicted molar refractivity (Wildman–Crippen MR) is 115 cm³/mol. The molecule has 0 bridgehead atoms. The van der Waals surface area contributed by atoms with E-state index in [2.05, 4.69) is 35.6 Å². The number of nitrogens with one attached hydrogen (secondary N) is 1. The normalized spacial score (nSPS) is 16.6. The molecule has 3 nitrogen and oxygen atoms in total. The summed E-state index contributed by atoms with van der Waals surface area (Å²) in [7, 11) is 0. The molecule has 0 aliphatic carbocycles. The van der Waals surface area contributed by atoms with Gasteiger partial charge in [-0.15, -0.1) is 0 Å². The van der Waals surface area contributed by atoms with Crippen LogP contribution in [-0.2, 0) is 17.9 Å². The Morgan fingerprint density at radius 2 is 1.79 bits per heavy atom. The number of hydrogen-bond acceptors (Lipinski definition) is 3. The highest BCUT2D eigenvalue weighted by Gasteiger charge is 2.16. The highest BCUT2D eigenvalue weighted by molar-refractivity contribution is 6.35. The molecular formula is C23H23Cl2NO2. The monoisotopic (exact) mass is 415 g/mol. The van der Waals surface area contributed by atoms with Crippen LogP contribution in [-0.4, -0.2) is 19.3 Å². The average molecular weight is 416 g/mol. The predicted octanol–water partition coefficient (Wildman–Crippen LogP) is 5.99. The van der Waals surface area contributed by atoms with Crippen LogP contribution >= 0.6 is 23.2 Å². The lowest BCUT2D eigenvalue weighted by Gasteiger charge is -2.17. The molecule has 0 radical (unpaired) electrons. The SMILES string of the molecule is Clc1cccc(Cl)c1COc1ccc2ccccc2c1CNC[C@@H]1CCCO1. The van der Waals surface area contributed by atoms with E-state index in [1.54, 1.807) is 0 Å². The molecule has 1 N–H and O–H groups in total. The first-order valence-corrected chi connectivity index (χ1v) is 10.4. The highest BCUT2D eigenvalue weighted by Crippen LogP contribution is 2.31. The van der Waals surface area contributed by atoms with Gasteiger partial charge in [0.05, 0.1) is 6.10 Å². The minimum atomic E-state index is 0.307. The Hall–Kier alpha value is -1.78. The van der Waals surface area contributed by atoms with Crippen molar-refractivity contribution in [3.63, 3.8) is 0 Å². The van der Waals surface area contributed by atoms with Crippen molar-refractivity contribution in [2.45, 2.75) is 32.1 Å². The molecule has 1 aliphatic rings. The summed E-state index contributed by atoms with van der Waals surface area (Å²) >= 11 is 12.6. The van der Waals surface area contributed by atoms with Crippen LogP contribution < -0.4 is 10.1 Å². The summed E-state index contributed by atoms with van der Waals surface area (Å²) < 4.78 is 11.9. The van der Waals surface area contributed by atoms with Crippen LogP contribution in [0.1, 0.15) is 24.0 Å². The summed E-state index contributed by atoms with van der Waals surface area (Å²) in [6.45, 7) is 2.76. The summed E-state index contributed by atoms with van der Waals surface area (Å²) in [6.07, 6.45) is 2.58. The molecule has 1 fully saturated rings. The van der Waals surface area contributed by atoms with E-state index in [0.717, 1.165) is 42.9 Å². The summed E-state index contributed by atoms with van der Waals surface area (Å²) in [6, 6.07) is 18.0. The van der Waals surface area contributed by atoms with Crippen LogP contribution in [0.5, 0.6) is 5.75 Å². The molecule has 1 heterocycles. The molecule has 0 amide bonds. The lowest BCUT2D eigenvalue weighted by atomic mass is 10.0. The van der Waals surface area contributed by atoms with Gasteiger partial charge >= 0.3 is 0 Å². The fourth-order valence-corrected chi connectivity index (χ4v) is 4.12. The Bertz CT molecular complexity index is 934. The third-order valence-corrected chi connectivity index (χ3v) is 5.84. The molecule has 0 aromatic heterocycles. The van der Waals surface area contributed by atoms with E-state index in [1.807, 2.05) is 24.3 Å². The standard InChI is InChI=1S/C23H23Cl2NO2/c24-21-8-3-9-22(25)20(21)15-28-23-11-10-16-5-1-2-7-18(16)19(23)14-26-13-17-6-4-12-27-17/h1-3,5,7-11,17,26H,4,6,12-15H2/t17-/m0/s1. The van der Waals surface area contributed by atoms with Crippen LogP contribution in [0.3, 0.4) is 0 Å². The second-order valence-corrected chi connectivity index (χ2v) is 7.83. The van der Waals surface area contributed by atoms with Crippen LogP contribution in [0.4, 0.5) is 0 Å². The zero-order chi connectivity index (χ0) is 19.3. The van der Waals surface area contributed by atoms with Gasteiger partial charge in [0.25, 0.3) is 0 Å². The van der Waals surface area contributed by atoms with Crippen molar-refractivity contribution in [3.05, 3.63) is 75.8 Å². The van der Waals surface area contributed by atoms with Gasteiger partial charge < -0.3 is 14.8 Å². The van der Waals surface area contributed by atoms with Gasteiger partial charge in [-0.05, 0) is 41.8 Å². The first-order chi connectivity index (χ1) is 13.7. The first-order valence-electron chi connectivity index (χ1n) is 9.61. The van der Waals surface area contributed by atoms with Crippen molar-refractivity contribution in [2.75, 3.05) is 13.2 Å². The average Bonchev–Trinajstić information content (AvgIpc) is 3.22. The molecular weight excluding hydrogens is 393 g/mol. The Labute approximate surface area is 175 Å². The van der Waals surface area contributed by atoms with Crippen molar-refractivity contribution in [1.29, 1.82) is 0 Å². The van der Waals surface area contributed by atoms with E-state index < -0.39 is 0 Å². The van der Waals surface area contributed by atoms with E-state index in [1.165, 1.54) is 10.8 Å². The minimum Gasteiger partial charge on any atom is -0.488 e. The molecule has 1 atom stereocenters. The molecule has 146 valence electrons. The lowest BCUT2D eigenvalue weighted by Crippen LogP contribution is -2.26. The van der Waals surface area contributed by atoms with E-state index >= 15 is 0 Å². The Balaban J connectivity index is 1.56. The maximum absolute atomic E-state index is 6.30. The molecule has 0 saturated carbocycles. The van der Waals surface area contributed by atoms with E-state index in [9.17, 15) is 0 Å². The third-order valence-electron chi connectivity index (χ3n) is 5.13. The van der Waals surface area contributed by atoms with Gasteiger partial charge in [0.1, 0.15) is 12.4 Å². The van der Waals surface area contributed by atoms with E-state index in [-0.39, 0.29) is 0 Å². The summed E-state index contributed by atoms with van der Waals surface area (Å²) in [5.74, 6) is 0.842. The van der Waals surface area contributed by atoms with Gasteiger partial charge in [-0.25, -0.2) is 0 Å². The van der Waals surface area contributed by atoms with Crippen LogP contribution in [0.25, 0.3) is 10.8 Å². The summed E-state index contributed by atoms with van der Waals surface area (Å²) in [4.78, 5) is 0. The van der Waals surface area contributed by atoms with Crippen LogP contribution in [0.2, 0.25) is 10.0 Å². The fraction of sp³-hybridized carbons (Fsp3) is 0.304. The molecule has 1 saturated heterocycles. The Morgan fingerprint density at radius 3 is 2.57 bits per heavy atom. The van der Waals surface area contributed by atoms with Gasteiger partial charge in [0, 0.05) is 40.9 Å². The maximum atomic E-state index is 6.30. The minimum absolute atomic E-state index is 0.307. The van der Waals surface area contributed by atoms with Crippen molar-refractivity contribution >= 4 is 34.0 Å². The molecule has 0 unspecified atom stereocenters. The molecule has 3 aromatic carbocycles. The molecule has 28 heavy (non-hydrogen) atoms. The van der Waals surface area contributed by atoms with Crippen molar-refractivity contribution in [1.82, 2.24) is 5.32 Å². The Kier molecular flexibility index (Phi) is 6.38. The zero-order valence-electron chi connectivity index (χ0n) is 15.6. The summed E-state index contributed by atoms with van der Waals surface area (Å²) in [5, 5.41) is 7.15. The van der Waals surface area contributed by atoms with Crippen molar-refractivity contribution < 1.29 is 9.47 Å². The van der Waals surface area contributed by atoms with Gasteiger partial charge in [0.15, 0.2) is 0 Å². The number of ether oxygens (including phenoxy) is 2. The number of rotatable bonds is 7. The maximum Gasteiger partial charge on any atom is 0.124 e. The molecule has 0 spiro atoms. The second-order valence-electron chi connectivity index (χ2n) is 7.02. The van der Waals surface area contributed by atoms with Crippen LogP contribution in [0.15, 0.2) is 54.6 Å². The Morgan fingerprint density at radius 1 is 0.964 bits per heavy atom. The van der Waals surface area contributed by atoms with E-state index in [4.69, 9.17) is 32.7 Å². The number of halogens is 2. The first kappa shape index (κ1) is 19.5. The fourth-order valence-electron chi connectivity index (χ4n) is 3.62. The van der Waals surface area contributed by atoms with Gasteiger partial charge in [-0.2, -0.15) is 0 Å². The molecule has 5 heteroatoms. The lowest BCUT2D eigenvalue weighted by molar-refractivity contribution is 0.110. The van der Waals surface area contributed by atoms with E-state index in [0.29, 0.717) is 29.3 Å². The van der Waals surface area contributed by atoms with Crippen LogP contribution in [0, 0.1) is 0 Å². The van der Waals surface area contributed by atoms with Gasteiger partial charge in [0.2, 0.25) is 0 Å². The smallest absolute Gasteiger partial charge is 0.124 e. The third kappa shape index (κ3) is 4.44. The molecule has 1 aliphatic heterocycles. The number of fused-ring (bicyclic) bond motifs is 1. The van der Waals surface area contributed by atoms with Crippen molar-refractivity contribution in [3.8, 4) is 5.75 Å². The topological polar surface area (TPSA) is 30.5 Å². The molecule has 4 rings (SSSR count). The largest absolute Gasteiger partial charge is 0.488 e. The molecule has 3 aromatic rings. The van der Waals surface area contributed by atoms with Crippen molar-refractivity contribution in [2.24, 2.45) is 0 Å². The quantitative estimate of drug-likeness (QED) is 0.513. The highest BCUT2D eigenvalue weighted by atomic mass is 35.5. The van der Waals surface area contributed by atoms with Gasteiger partial charge in [-0.3, -0.25) is 0 Å². The second kappa shape index (κ2) is 9.15. The van der Waals surface area contributed by atoms with Gasteiger partial charge in [-0.1, -0.05) is 59.6 Å². The number of benzene rings is 3. The number of hydrogen-bond donors (Lipinski definition) is 1. The zero-order valence-corrected chi connectivity index (χ0v) is 17.1. The summed E-state index contributed by atoms with van der Waals surface area (Å²) in [5.41, 5.74) is 1.94.